The molecule has 0 saturated carbocycles. The quantitative estimate of drug-likeness (QED) is 0.730. The Morgan fingerprint density at radius 3 is 2.71 bits per heavy atom. The van der Waals surface area contributed by atoms with Crippen molar-refractivity contribution in [2.45, 2.75) is 18.1 Å². The number of hydrogen-bond donors (Lipinski definition) is 2. The van der Waals surface area contributed by atoms with Crippen LogP contribution in [0, 0.1) is 11.8 Å². The maximum Gasteiger partial charge on any atom is 0.237 e. The smallest absolute Gasteiger partial charge is 0.237 e. The third kappa shape index (κ3) is 4.41. The zero-order valence-corrected chi connectivity index (χ0v) is 13.4. The van der Waals surface area contributed by atoms with Crippen LogP contribution in [0.3, 0.4) is 0 Å². The lowest BCUT2D eigenvalue weighted by Gasteiger charge is -2.21. The largest absolute Gasteiger partial charge is 0.384 e. The molecule has 1 aromatic heterocycles. The monoisotopic (exact) mass is 350 g/mol. The molecule has 0 atom stereocenters. The van der Waals surface area contributed by atoms with Crippen molar-refractivity contribution >= 4 is 36.3 Å². The van der Waals surface area contributed by atoms with Crippen LogP contribution in [0.5, 0.6) is 0 Å². The first-order valence-electron chi connectivity index (χ1n) is 6.10. The predicted octanol–water partition coefficient (Wildman–Crippen LogP) is -0.194. The van der Waals surface area contributed by atoms with Gasteiger partial charge in [0.1, 0.15) is 16.4 Å². The van der Waals surface area contributed by atoms with E-state index >= 15 is 0 Å². The van der Waals surface area contributed by atoms with E-state index in [2.05, 4.69) is 21.5 Å². The third-order valence-electron chi connectivity index (χ3n) is 2.97. The second-order valence-corrected chi connectivity index (χ2v) is 9.78. The molecule has 2 heterocycles. The number of aliphatic hydroxyl groups is 1. The van der Waals surface area contributed by atoms with Crippen LogP contribution in [0.2, 0.25) is 0 Å². The highest BCUT2D eigenvalue weighted by molar-refractivity contribution is 7.94. The molecule has 1 fully saturated rings. The molecule has 0 radical (unpaired) electrons. The maximum atomic E-state index is 12.2. The topological polar surface area (TPSA) is 113 Å². The average Bonchev–Trinajstić information content (AvgIpc) is 2.82. The number of sulfonamides is 1. The minimum absolute atomic E-state index is 0.0974. The van der Waals surface area contributed by atoms with Crippen LogP contribution in [0.4, 0.5) is 5.13 Å². The number of anilines is 1. The maximum absolute atomic E-state index is 12.2. The van der Waals surface area contributed by atoms with Crippen molar-refractivity contribution in [3.8, 4) is 11.8 Å². The van der Waals surface area contributed by atoms with Crippen LogP contribution in [0.15, 0.2) is 6.20 Å². The molecule has 21 heavy (non-hydrogen) atoms. The van der Waals surface area contributed by atoms with Crippen molar-refractivity contribution in [2.24, 2.45) is 0 Å². The zero-order valence-electron chi connectivity index (χ0n) is 10.9. The molecular weight excluding hydrogens is 336 g/mol. The number of rotatable bonds is 3. The highest BCUT2D eigenvalue weighted by Crippen LogP contribution is 2.24. The van der Waals surface area contributed by atoms with Gasteiger partial charge in [-0.05, 0) is 12.8 Å². The van der Waals surface area contributed by atoms with Gasteiger partial charge < -0.3 is 5.11 Å². The summed E-state index contributed by atoms with van der Waals surface area (Å²) in [5.74, 6) is 4.86. The molecule has 0 bridgehead atoms. The number of nitrogens with zero attached hydrogens (tertiary/aromatic N) is 1. The lowest BCUT2D eigenvalue weighted by atomic mass is 10.2. The molecule has 2 rings (SSSR count). The Morgan fingerprint density at radius 1 is 1.43 bits per heavy atom. The van der Waals surface area contributed by atoms with E-state index in [1.165, 1.54) is 6.20 Å². The molecule has 0 aromatic carbocycles. The van der Waals surface area contributed by atoms with E-state index in [1.807, 2.05) is 0 Å². The van der Waals surface area contributed by atoms with E-state index in [9.17, 15) is 16.8 Å². The van der Waals surface area contributed by atoms with Gasteiger partial charge in [-0.1, -0.05) is 23.2 Å². The van der Waals surface area contributed by atoms with Gasteiger partial charge in [-0.25, -0.2) is 21.8 Å². The molecule has 1 aliphatic rings. The molecular formula is C11H14N2O5S3. The highest BCUT2D eigenvalue weighted by Gasteiger charge is 2.33. The van der Waals surface area contributed by atoms with Crippen molar-refractivity contribution in [2.75, 3.05) is 22.8 Å². The minimum atomic E-state index is -3.66. The second kappa shape index (κ2) is 6.31. The van der Waals surface area contributed by atoms with Crippen LogP contribution in [-0.4, -0.2) is 50.3 Å². The van der Waals surface area contributed by atoms with Crippen molar-refractivity contribution in [3.63, 3.8) is 0 Å². The Morgan fingerprint density at radius 2 is 2.10 bits per heavy atom. The lowest BCUT2D eigenvalue weighted by Crippen LogP contribution is -2.35. The summed E-state index contributed by atoms with van der Waals surface area (Å²) in [7, 11) is -6.76. The van der Waals surface area contributed by atoms with Gasteiger partial charge in [0.05, 0.1) is 27.8 Å². The summed E-state index contributed by atoms with van der Waals surface area (Å²) >= 11 is 1.06. The fourth-order valence-corrected chi connectivity index (χ4v) is 6.06. The molecule has 7 nitrogen and oxygen atoms in total. The number of aliphatic hydroxyl groups excluding tert-OH is 1. The lowest BCUT2D eigenvalue weighted by molar-refractivity contribution is 0.350. The van der Waals surface area contributed by atoms with Gasteiger partial charge in [-0.15, -0.1) is 0 Å². The first kappa shape index (κ1) is 16.2. The van der Waals surface area contributed by atoms with Gasteiger partial charge in [-0.2, -0.15) is 0 Å². The number of hydrogen-bond acceptors (Lipinski definition) is 7. The van der Waals surface area contributed by atoms with Gasteiger partial charge >= 0.3 is 0 Å². The van der Waals surface area contributed by atoms with E-state index in [-0.39, 0.29) is 36.1 Å². The first-order chi connectivity index (χ1) is 9.82. The van der Waals surface area contributed by atoms with Crippen LogP contribution < -0.4 is 4.72 Å². The summed E-state index contributed by atoms with van der Waals surface area (Å²) in [6.45, 7) is -0.282. The summed E-state index contributed by atoms with van der Waals surface area (Å²) in [4.78, 5) is 4.44. The Labute approximate surface area is 127 Å². The molecule has 116 valence electrons. The van der Waals surface area contributed by atoms with Crippen LogP contribution in [0.25, 0.3) is 0 Å². The minimum Gasteiger partial charge on any atom is -0.384 e. The van der Waals surface area contributed by atoms with Crippen LogP contribution in [0.1, 0.15) is 17.7 Å². The first-order valence-corrected chi connectivity index (χ1v) is 10.3. The van der Waals surface area contributed by atoms with Gasteiger partial charge in [-0.3, -0.25) is 4.72 Å². The van der Waals surface area contributed by atoms with Gasteiger partial charge in [0.2, 0.25) is 10.0 Å². The van der Waals surface area contributed by atoms with Crippen molar-refractivity contribution < 1.29 is 21.9 Å². The van der Waals surface area contributed by atoms with Crippen molar-refractivity contribution in [1.29, 1.82) is 0 Å². The summed E-state index contributed by atoms with van der Waals surface area (Å²) in [5, 5.41) is 8.04. The fourth-order valence-electron chi connectivity index (χ4n) is 1.89. The van der Waals surface area contributed by atoms with Crippen LogP contribution in [-0.2, 0) is 19.9 Å². The van der Waals surface area contributed by atoms with E-state index in [1.54, 1.807) is 0 Å². The summed E-state index contributed by atoms with van der Waals surface area (Å²) in [6.07, 6.45) is 1.61. The standard InChI is InChI=1S/C11H14N2O5S3/c14-5-1-2-9-8-12-11(19-9)13-21(17,18)10-3-6-20(15,16)7-4-10/h8,10,14H,3-7H2,(H,12,13). The van der Waals surface area contributed by atoms with Crippen molar-refractivity contribution in [3.05, 3.63) is 11.1 Å². The zero-order chi connectivity index (χ0) is 15.5. The molecule has 1 saturated heterocycles. The molecule has 1 aromatic rings. The fraction of sp³-hybridized carbons (Fsp3) is 0.545. The number of aromatic nitrogens is 1. The molecule has 0 spiro atoms. The molecule has 0 aliphatic carbocycles. The SMILES string of the molecule is O=S1(=O)CCC(S(=O)(=O)Nc2ncc(C#CCO)s2)CC1. The molecule has 1 aliphatic heterocycles. The van der Waals surface area contributed by atoms with E-state index in [4.69, 9.17) is 5.11 Å². The highest BCUT2D eigenvalue weighted by atomic mass is 32.2. The Bertz CT molecular complexity index is 756. The number of nitrogens with one attached hydrogen (secondary N) is 1. The molecule has 2 N–H and O–H groups in total. The normalized spacial score (nSPS) is 18.7. The van der Waals surface area contributed by atoms with E-state index in [0.29, 0.717) is 4.88 Å². The Kier molecular flexibility index (Phi) is 4.88. The summed E-state index contributed by atoms with van der Waals surface area (Å²) in [5.41, 5.74) is 0. The van der Waals surface area contributed by atoms with Gasteiger partial charge in [0.25, 0.3) is 0 Å². The van der Waals surface area contributed by atoms with Gasteiger partial charge in [0, 0.05) is 0 Å². The number of sulfone groups is 1. The molecule has 0 amide bonds. The van der Waals surface area contributed by atoms with Crippen LogP contribution >= 0.6 is 11.3 Å². The second-order valence-electron chi connectivity index (χ2n) is 4.49. The molecule has 10 heteroatoms. The predicted molar refractivity (Wildman–Crippen MR) is 80.3 cm³/mol. The summed E-state index contributed by atoms with van der Waals surface area (Å²) < 4.78 is 49.4. The number of thiazole rings is 1. The van der Waals surface area contributed by atoms with E-state index in [0.717, 1.165) is 11.3 Å². The van der Waals surface area contributed by atoms with Crippen molar-refractivity contribution in [1.82, 2.24) is 4.98 Å². The van der Waals surface area contributed by atoms with E-state index < -0.39 is 25.1 Å². The molecule has 0 unspecified atom stereocenters. The Hall–Kier alpha value is -1.15. The summed E-state index contributed by atoms with van der Waals surface area (Å²) in [6, 6.07) is 0. The third-order valence-corrected chi connectivity index (χ3v) is 7.47. The Balaban J connectivity index is 2.06. The van der Waals surface area contributed by atoms with Gasteiger partial charge in [0.15, 0.2) is 5.13 Å². The average molecular weight is 350 g/mol.